The molecule has 0 saturated heterocycles. The fourth-order valence-corrected chi connectivity index (χ4v) is 2.48. The number of benzene rings is 2. The second-order valence-corrected chi connectivity index (χ2v) is 6.31. The number of amides is 1. The van der Waals surface area contributed by atoms with Crippen LogP contribution in [-0.2, 0) is 23.4 Å². The highest BCUT2D eigenvalue weighted by Gasteiger charge is 2.29. The first-order valence-electron chi connectivity index (χ1n) is 7.75. The normalized spacial score (nSPS) is 13.6. The molecule has 122 valence electrons. The lowest BCUT2D eigenvalue weighted by atomic mass is 9.92. The third-order valence-electron chi connectivity index (χ3n) is 3.79. The van der Waals surface area contributed by atoms with Crippen LogP contribution in [0.5, 0.6) is 0 Å². The second-order valence-electron chi connectivity index (χ2n) is 6.31. The molecule has 1 amide bonds. The Bertz CT molecular complexity index is 651. The predicted octanol–water partition coefficient (Wildman–Crippen LogP) is 2.24. The Hall–Kier alpha value is -2.17. The van der Waals surface area contributed by atoms with Crippen molar-refractivity contribution in [3.8, 4) is 0 Å². The molecule has 0 aliphatic heterocycles. The molecule has 0 fully saturated rings. The van der Waals surface area contributed by atoms with E-state index in [1.54, 1.807) is 6.92 Å². The summed E-state index contributed by atoms with van der Waals surface area (Å²) in [5, 5.41) is 2.94. The van der Waals surface area contributed by atoms with Crippen molar-refractivity contribution in [1.82, 2.24) is 10.2 Å². The molecular formula is C19H25N3O. The largest absolute Gasteiger partial charge is 0.350 e. The summed E-state index contributed by atoms with van der Waals surface area (Å²) in [4.78, 5) is 14.6. The Labute approximate surface area is 138 Å². The van der Waals surface area contributed by atoms with Crippen LogP contribution < -0.4 is 11.1 Å². The van der Waals surface area contributed by atoms with Gasteiger partial charge in [0.2, 0.25) is 5.91 Å². The highest BCUT2D eigenvalue weighted by molar-refractivity contribution is 5.86. The van der Waals surface area contributed by atoms with Crippen LogP contribution in [-0.4, -0.2) is 24.9 Å². The van der Waals surface area contributed by atoms with Gasteiger partial charge in [0.1, 0.15) is 5.54 Å². The molecule has 0 aliphatic rings. The molecule has 0 aliphatic carbocycles. The van der Waals surface area contributed by atoms with Crippen LogP contribution in [0.15, 0.2) is 54.6 Å². The Morgan fingerprint density at radius 3 is 2.39 bits per heavy atom. The van der Waals surface area contributed by atoms with E-state index in [1.807, 2.05) is 56.6 Å². The highest BCUT2D eigenvalue weighted by Crippen LogP contribution is 2.17. The monoisotopic (exact) mass is 311 g/mol. The van der Waals surface area contributed by atoms with Gasteiger partial charge in [0.25, 0.3) is 0 Å². The van der Waals surface area contributed by atoms with Gasteiger partial charge in [-0.3, -0.25) is 4.79 Å². The summed E-state index contributed by atoms with van der Waals surface area (Å²) in [5.41, 5.74) is 8.28. The summed E-state index contributed by atoms with van der Waals surface area (Å²) in [5.74, 6) is -0.179. The Balaban J connectivity index is 2.01. The molecule has 0 heterocycles. The van der Waals surface area contributed by atoms with Crippen LogP contribution in [0.3, 0.4) is 0 Å². The van der Waals surface area contributed by atoms with Crippen molar-refractivity contribution < 1.29 is 4.79 Å². The Morgan fingerprint density at radius 1 is 1.09 bits per heavy atom. The van der Waals surface area contributed by atoms with E-state index in [-0.39, 0.29) is 5.91 Å². The lowest BCUT2D eigenvalue weighted by Gasteiger charge is -2.24. The molecule has 0 bridgehead atoms. The molecule has 0 aromatic heterocycles. The minimum absolute atomic E-state index is 0.179. The average Bonchev–Trinajstić information content (AvgIpc) is 2.53. The SMILES string of the molecule is CN(C)Cc1cccc(CNC(=O)C(C)(N)c2ccccc2)c1. The number of carbonyl (C=O) groups is 1. The molecule has 4 nitrogen and oxygen atoms in total. The van der Waals surface area contributed by atoms with Gasteiger partial charge in [0.05, 0.1) is 0 Å². The smallest absolute Gasteiger partial charge is 0.244 e. The van der Waals surface area contributed by atoms with Gasteiger partial charge >= 0.3 is 0 Å². The first-order valence-corrected chi connectivity index (χ1v) is 7.75. The molecule has 0 radical (unpaired) electrons. The molecule has 2 rings (SSSR count). The lowest BCUT2D eigenvalue weighted by Crippen LogP contribution is -2.48. The number of nitrogens with one attached hydrogen (secondary N) is 1. The average molecular weight is 311 g/mol. The number of carbonyl (C=O) groups excluding carboxylic acids is 1. The number of hydrogen-bond acceptors (Lipinski definition) is 3. The molecule has 1 unspecified atom stereocenters. The standard InChI is InChI=1S/C19H25N3O/c1-19(20,17-10-5-4-6-11-17)18(23)21-13-15-8-7-9-16(12-15)14-22(2)3/h4-12H,13-14,20H2,1-3H3,(H,21,23). The van der Waals surface area contributed by atoms with E-state index in [0.29, 0.717) is 6.54 Å². The zero-order chi connectivity index (χ0) is 16.9. The minimum atomic E-state index is -1.04. The summed E-state index contributed by atoms with van der Waals surface area (Å²) < 4.78 is 0. The molecule has 1 atom stereocenters. The third-order valence-corrected chi connectivity index (χ3v) is 3.79. The van der Waals surface area contributed by atoms with Crippen LogP contribution in [0.25, 0.3) is 0 Å². The fourth-order valence-electron chi connectivity index (χ4n) is 2.48. The molecule has 4 heteroatoms. The summed E-state index contributed by atoms with van der Waals surface area (Å²) in [7, 11) is 4.07. The molecule has 2 aromatic rings. The van der Waals surface area contributed by atoms with Crippen molar-refractivity contribution in [2.45, 2.75) is 25.6 Å². The van der Waals surface area contributed by atoms with Gasteiger partial charge in [-0.05, 0) is 37.7 Å². The lowest BCUT2D eigenvalue weighted by molar-refractivity contribution is -0.126. The van der Waals surface area contributed by atoms with Crippen LogP contribution >= 0.6 is 0 Å². The highest BCUT2D eigenvalue weighted by atomic mass is 16.2. The Kier molecular flexibility index (Phi) is 5.53. The van der Waals surface area contributed by atoms with E-state index >= 15 is 0 Å². The minimum Gasteiger partial charge on any atom is -0.350 e. The maximum Gasteiger partial charge on any atom is 0.244 e. The summed E-state index contributed by atoms with van der Waals surface area (Å²) in [6, 6.07) is 17.6. The molecule has 23 heavy (non-hydrogen) atoms. The van der Waals surface area contributed by atoms with Gasteiger partial charge in [-0.15, -0.1) is 0 Å². The second kappa shape index (κ2) is 7.40. The quantitative estimate of drug-likeness (QED) is 0.860. The summed E-state index contributed by atoms with van der Waals surface area (Å²) >= 11 is 0. The zero-order valence-electron chi connectivity index (χ0n) is 14.0. The van der Waals surface area contributed by atoms with Crippen molar-refractivity contribution in [3.05, 3.63) is 71.3 Å². The number of hydrogen-bond donors (Lipinski definition) is 2. The van der Waals surface area contributed by atoms with Gasteiger partial charge in [-0.1, -0.05) is 54.6 Å². The van der Waals surface area contributed by atoms with E-state index in [1.165, 1.54) is 5.56 Å². The first-order chi connectivity index (χ1) is 10.9. The Morgan fingerprint density at radius 2 is 1.74 bits per heavy atom. The molecule has 0 spiro atoms. The van der Waals surface area contributed by atoms with E-state index in [4.69, 9.17) is 5.73 Å². The van der Waals surface area contributed by atoms with E-state index in [0.717, 1.165) is 17.7 Å². The maximum absolute atomic E-state index is 12.5. The third kappa shape index (κ3) is 4.65. The van der Waals surface area contributed by atoms with Gasteiger partial charge in [0.15, 0.2) is 0 Å². The first kappa shape index (κ1) is 17.2. The van der Waals surface area contributed by atoms with Crippen LogP contribution in [0.2, 0.25) is 0 Å². The zero-order valence-corrected chi connectivity index (χ0v) is 14.0. The maximum atomic E-state index is 12.5. The van der Waals surface area contributed by atoms with Gasteiger partial charge in [-0.25, -0.2) is 0 Å². The fraction of sp³-hybridized carbons (Fsp3) is 0.316. The molecular weight excluding hydrogens is 286 g/mol. The van der Waals surface area contributed by atoms with Crippen molar-refractivity contribution in [2.75, 3.05) is 14.1 Å². The van der Waals surface area contributed by atoms with Gasteiger partial charge < -0.3 is 16.0 Å². The van der Waals surface area contributed by atoms with Crippen molar-refractivity contribution in [1.29, 1.82) is 0 Å². The predicted molar refractivity (Wildman–Crippen MR) is 93.7 cm³/mol. The van der Waals surface area contributed by atoms with Crippen molar-refractivity contribution in [3.63, 3.8) is 0 Å². The van der Waals surface area contributed by atoms with Gasteiger partial charge in [0, 0.05) is 13.1 Å². The molecule has 3 N–H and O–H groups in total. The van der Waals surface area contributed by atoms with E-state index in [9.17, 15) is 4.79 Å². The molecule has 2 aromatic carbocycles. The van der Waals surface area contributed by atoms with Crippen LogP contribution in [0.4, 0.5) is 0 Å². The number of nitrogens with zero attached hydrogens (tertiary/aromatic N) is 1. The van der Waals surface area contributed by atoms with Crippen molar-refractivity contribution in [2.24, 2.45) is 5.73 Å². The van der Waals surface area contributed by atoms with Crippen molar-refractivity contribution >= 4 is 5.91 Å². The van der Waals surface area contributed by atoms with Gasteiger partial charge in [-0.2, -0.15) is 0 Å². The summed E-state index contributed by atoms with van der Waals surface area (Å²) in [6.45, 7) is 3.08. The van der Waals surface area contributed by atoms with E-state index < -0.39 is 5.54 Å². The van der Waals surface area contributed by atoms with Crippen LogP contribution in [0.1, 0.15) is 23.6 Å². The summed E-state index contributed by atoms with van der Waals surface area (Å²) in [6.07, 6.45) is 0. The number of nitrogens with two attached hydrogens (primary N) is 1. The van der Waals surface area contributed by atoms with E-state index in [2.05, 4.69) is 22.3 Å². The topological polar surface area (TPSA) is 58.4 Å². The van der Waals surface area contributed by atoms with Crippen LogP contribution in [0, 0.1) is 0 Å². The number of rotatable bonds is 6. The molecule has 0 saturated carbocycles.